The van der Waals surface area contributed by atoms with Gasteiger partial charge in [-0.3, -0.25) is 4.79 Å². The van der Waals surface area contributed by atoms with Gasteiger partial charge in [0.2, 0.25) is 5.88 Å². The van der Waals surface area contributed by atoms with Crippen LogP contribution in [0.4, 0.5) is 14.5 Å². The van der Waals surface area contributed by atoms with Crippen LogP contribution in [0.5, 0.6) is 5.88 Å². The van der Waals surface area contributed by atoms with Gasteiger partial charge in [-0.15, -0.1) is 0 Å². The molecule has 1 aliphatic rings. The van der Waals surface area contributed by atoms with Gasteiger partial charge in [-0.25, -0.2) is 23.7 Å². The number of alkyl halides is 1. The van der Waals surface area contributed by atoms with Gasteiger partial charge >= 0.3 is 0 Å². The molecule has 28 heavy (non-hydrogen) atoms. The van der Waals surface area contributed by atoms with E-state index in [1.807, 2.05) is 0 Å². The van der Waals surface area contributed by atoms with Crippen molar-refractivity contribution >= 4 is 28.5 Å². The summed E-state index contributed by atoms with van der Waals surface area (Å²) in [4.78, 5) is 24.5. The van der Waals surface area contributed by atoms with Gasteiger partial charge in [-0.2, -0.15) is 0 Å². The van der Waals surface area contributed by atoms with Crippen molar-refractivity contribution in [3.05, 3.63) is 59.2 Å². The van der Waals surface area contributed by atoms with Crippen LogP contribution in [0.15, 0.2) is 47.1 Å². The van der Waals surface area contributed by atoms with Gasteiger partial charge in [0.25, 0.3) is 5.91 Å². The maximum Gasteiger partial charge on any atom is 0.275 e. The lowest BCUT2D eigenvalue weighted by atomic mass is 9.92. The molecule has 146 valence electrons. The molecule has 7 nitrogen and oxygen atoms in total. The van der Waals surface area contributed by atoms with Gasteiger partial charge in [-0.05, 0) is 36.6 Å². The SMILES string of the molecule is C[C@@]1(c2cc(NC(=O)c3cnc(OCCF)cn3)ccc2F)C=CSC(N)=N1. The Bertz CT molecular complexity index is 936. The molecule has 3 rings (SSSR count). The van der Waals surface area contributed by atoms with E-state index < -0.39 is 23.9 Å². The molecule has 1 aromatic heterocycles. The molecule has 0 spiro atoms. The predicted octanol–water partition coefficient (Wildman–Crippen LogP) is 3.01. The summed E-state index contributed by atoms with van der Waals surface area (Å²) in [5, 5.41) is 4.71. The lowest BCUT2D eigenvalue weighted by Crippen LogP contribution is -2.25. The number of anilines is 1. The maximum atomic E-state index is 14.4. The Morgan fingerprint density at radius 3 is 2.86 bits per heavy atom. The molecule has 2 heterocycles. The second kappa shape index (κ2) is 8.34. The number of carbonyl (C=O) groups excluding carboxylic acids is 1. The number of aliphatic imine (C=N–C) groups is 1. The van der Waals surface area contributed by atoms with Crippen molar-refractivity contribution in [3.63, 3.8) is 0 Å². The van der Waals surface area contributed by atoms with Crippen LogP contribution in [-0.2, 0) is 5.54 Å². The van der Waals surface area contributed by atoms with Crippen LogP contribution in [0.3, 0.4) is 0 Å². The van der Waals surface area contributed by atoms with Crippen LogP contribution in [0.25, 0.3) is 0 Å². The summed E-state index contributed by atoms with van der Waals surface area (Å²) in [5.41, 5.74) is 5.44. The standard InChI is InChI=1S/C18H17F2N5O2S/c1-18(4-7-28-17(21)25-18)12-8-11(2-3-13(12)20)24-16(26)14-9-23-15(10-22-14)27-6-5-19/h2-4,7-10H,5-6H2,1H3,(H2,21,25)(H,24,26)/t18-/m0/s1. The van der Waals surface area contributed by atoms with Gasteiger partial charge < -0.3 is 15.8 Å². The first-order valence-corrected chi connectivity index (χ1v) is 9.11. The Morgan fingerprint density at radius 1 is 1.36 bits per heavy atom. The maximum absolute atomic E-state index is 14.4. The van der Waals surface area contributed by atoms with E-state index in [2.05, 4.69) is 20.3 Å². The number of hydrogen-bond donors (Lipinski definition) is 2. The van der Waals surface area contributed by atoms with E-state index in [-0.39, 0.29) is 23.7 Å². The summed E-state index contributed by atoms with van der Waals surface area (Å²) in [6.07, 6.45) is 4.17. The Kier molecular flexibility index (Phi) is 5.88. The summed E-state index contributed by atoms with van der Waals surface area (Å²) in [7, 11) is 0. The number of aromatic nitrogens is 2. The van der Waals surface area contributed by atoms with E-state index in [1.54, 1.807) is 18.4 Å². The van der Waals surface area contributed by atoms with Gasteiger partial charge in [0.1, 0.15) is 30.3 Å². The highest BCUT2D eigenvalue weighted by Gasteiger charge is 2.29. The van der Waals surface area contributed by atoms with Crippen LogP contribution in [0.1, 0.15) is 23.0 Å². The number of amides is 1. The number of halogens is 2. The number of ether oxygens (including phenoxy) is 1. The molecule has 2 aromatic rings. The van der Waals surface area contributed by atoms with Crippen LogP contribution >= 0.6 is 11.8 Å². The fraction of sp³-hybridized carbons (Fsp3) is 0.222. The van der Waals surface area contributed by atoms with E-state index >= 15 is 0 Å². The lowest BCUT2D eigenvalue weighted by Gasteiger charge is -2.26. The normalized spacial score (nSPS) is 18.5. The largest absolute Gasteiger partial charge is 0.474 e. The molecule has 1 aliphatic heterocycles. The van der Waals surface area contributed by atoms with E-state index in [9.17, 15) is 13.6 Å². The highest BCUT2D eigenvalue weighted by atomic mass is 32.2. The first-order valence-electron chi connectivity index (χ1n) is 8.23. The zero-order valence-corrected chi connectivity index (χ0v) is 15.7. The predicted molar refractivity (Wildman–Crippen MR) is 104 cm³/mol. The minimum Gasteiger partial charge on any atom is -0.474 e. The smallest absolute Gasteiger partial charge is 0.275 e. The third kappa shape index (κ3) is 4.45. The second-order valence-electron chi connectivity index (χ2n) is 5.94. The molecule has 10 heteroatoms. The topological polar surface area (TPSA) is 102 Å². The molecule has 0 aliphatic carbocycles. The Morgan fingerprint density at radius 2 is 2.18 bits per heavy atom. The fourth-order valence-electron chi connectivity index (χ4n) is 2.52. The molecular formula is C18H17F2N5O2S. The molecule has 1 amide bonds. The van der Waals surface area contributed by atoms with Crippen molar-refractivity contribution in [2.75, 3.05) is 18.6 Å². The van der Waals surface area contributed by atoms with Crippen LogP contribution in [0, 0.1) is 5.82 Å². The Labute approximate surface area is 164 Å². The summed E-state index contributed by atoms with van der Waals surface area (Å²) in [6.45, 7) is 0.929. The molecule has 1 aromatic carbocycles. The minimum absolute atomic E-state index is 0.0286. The number of thioether (sulfide) groups is 1. The van der Waals surface area contributed by atoms with Gasteiger partial charge in [0, 0.05) is 11.3 Å². The number of nitrogens with zero attached hydrogens (tertiary/aromatic N) is 3. The molecule has 1 atom stereocenters. The van der Waals surface area contributed by atoms with Crippen molar-refractivity contribution in [2.45, 2.75) is 12.5 Å². The number of nitrogens with two attached hydrogens (primary N) is 1. The van der Waals surface area contributed by atoms with Crippen LogP contribution in [-0.4, -0.2) is 34.3 Å². The molecule has 0 saturated carbocycles. The van der Waals surface area contributed by atoms with Crippen molar-refractivity contribution in [1.29, 1.82) is 0 Å². The molecular weight excluding hydrogens is 388 g/mol. The van der Waals surface area contributed by atoms with Crippen molar-refractivity contribution in [3.8, 4) is 5.88 Å². The lowest BCUT2D eigenvalue weighted by molar-refractivity contribution is 0.102. The monoisotopic (exact) mass is 405 g/mol. The van der Waals surface area contributed by atoms with E-state index in [0.29, 0.717) is 10.9 Å². The van der Waals surface area contributed by atoms with E-state index in [0.717, 1.165) is 0 Å². The van der Waals surface area contributed by atoms with Crippen molar-refractivity contribution in [1.82, 2.24) is 9.97 Å². The molecule has 0 radical (unpaired) electrons. The zero-order valence-electron chi connectivity index (χ0n) is 14.9. The number of hydrogen-bond acceptors (Lipinski definition) is 7. The van der Waals surface area contributed by atoms with E-state index in [1.165, 1.54) is 42.4 Å². The van der Waals surface area contributed by atoms with Crippen molar-refractivity contribution < 1.29 is 18.3 Å². The highest BCUT2D eigenvalue weighted by Crippen LogP contribution is 2.35. The molecule has 0 saturated heterocycles. The average Bonchev–Trinajstić information content (AvgIpc) is 2.68. The third-order valence-corrected chi connectivity index (χ3v) is 4.49. The summed E-state index contributed by atoms with van der Waals surface area (Å²) in [5.74, 6) is -0.892. The van der Waals surface area contributed by atoms with Crippen LogP contribution in [0.2, 0.25) is 0 Å². The van der Waals surface area contributed by atoms with Crippen LogP contribution < -0.4 is 15.8 Å². The third-order valence-electron chi connectivity index (χ3n) is 3.88. The number of nitrogens with one attached hydrogen (secondary N) is 1. The van der Waals surface area contributed by atoms with E-state index in [4.69, 9.17) is 10.5 Å². The molecule has 0 fully saturated rings. The van der Waals surface area contributed by atoms with Gasteiger partial charge in [0.15, 0.2) is 5.17 Å². The Balaban J connectivity index is 1.79. The number of benzene rings is 1. The zero-order chi connectivity index (χ0) is 20.1. The molecule has 0 bridgehead atoms. The minimum atomic E-state index is -0.977. The highest BCUT2D eigenvalue weighted by molar-refractivity contribution is 8.16. The van der Waals surface area contributed by atoms with Gasteiger partial charge in [0.05, 0.1) is 12.4 Å². The fourth-order valence-corrected chi connectivity index (χ4v) is 3.23. The summed E-state index contributed by atoms with van der Waals surface area (Å²) in [6, 6.07) is 4.17. The van der Waals surface area contributed by atoms with Gasteiger partial charge in [-0.1, -0.05) is 11.8 Å². The summed E-state index contributed by atoms with van der Waals surface area (Å²) < 4.78 is 31.5. The second-order valence-corrected chi connectivity index (χ2v) is 6.87. The first kappa shape index (κ1) is 19.7. The number of rotatable bonds is 6. The quantitative estimate of drug-likeness (QED) is 0.766. The average molecular weight is 405 g/mol. The molecule has 0 unspecified atom stereocenters. The summed E-state index contributed by atoms with van der Waals surface area (Å²) >= 11 is 1.25. The number of carbonyl (C=O) groups is 1. The Hall–Kier alpha value is -3.01. The first-order chi connectivity index (χ1) is 13.4. The number of amidine groups is 1. The molecule has 3 N–H and O–H groups in total. The van der Waals surface area contributed by atoms with Crippen molar-refractivity contribution in [2.24, 2.45) is 10.7 Å².